The zero-order valence-electron chi connectivity index (χ0n) is 17.3. The van der Waals surface area contributed by atoms with Crippen LogP contribution in [0.4, 0.5) is 19.0 Å². The van der Waals surface area contributed by atoms with Crippen molar-refractivity contribution >= 4 is 29.7 Å². The molecule has 1 saturated carbocycles. The Kier molecular flexibility index (Phi) is 5.42. The monoisotopic (exact) mass is 442 g/mol. The number of nitrogens with one attached hydrogen (secondary N) is 1. The minimum absolute atomic E-state index is 0.0187. The highest BCUT2D eigenvalue weighted by molar-refractivity contribution is 6.04. The lowest BCUT2D eigenvalue weighted by atomic mass is 9.84. The quantitative estimate of drug-likeness (QED) is 0.725. The molecule has 0 bridgehead atoms. The molecule has 1 aliphatic heterocycles. The number of halogens is 3. The minimum Gasteiger partial charge on any atom is -0.361 e. The zero-order chi connectivity index (χ0) is 23.2. The number of rotatable bonds is 4. The van der Waals surface area contributed by atoms with Crippen LogP contribution in [0.15, 0.2) is 23.0 Å². The molecule has 1 amide bonds. The molecule has 0 saturated heterocycles. The highest BCUT2D eigenvalue weighted by Gasteiger charge is 2.36. The molecule has 2 heterocycles. The summed E-state index contributed by atoms with van der Waals surface area (Å²) >= 11 is 0. The van der Waals surface area contributed by atoms with Crippen molar-refractivity contribution in [3.63, 3.8) is 0 Å². The molecule has 10 heteroatoms. The molecule has 0 radical (unpaired) electrons. The maximum absolute atomic E-state index is 14.6. The summed E-state index contributed by atoms with van der Waals surface area (Å²) < 4.78 is 43.2. The summed E-state index contributed by atoms with van der Waals surface area (Å²) in [5, 5.41) is 16.6. The summed E-state index contributed by atoms with van der Waals surface area (Å²) in [6.45, 7) is 1.58. The molecule has 1 aliphatic carbocycles. The second kappa shape index (κ2) is 8.07. The second-order valence-electron chi connectivity index (χ2n) is 7.80. The molecule has 4 rings (SSSR count). The number of hydrogen-bond donors (Lipinski definition) is 1. The van der Waals surface area contributed by atoms with Gasteiger partial charge in [0.05, 0.1) is 40.1 Å². The number of aromatic nitrogens is 2. The highest BCUT2D eigenvalue weighted by Crippen LogP contribution is 2.28. The molecule has 7 nitrogen and oxygen atoms in total. The van der Waals surface area contributed by atoms with E-state index in [9.17, 15) is 22.8 Å². The molecular formula is C22H19F3N5O2+. The maximum atomic E-state index is 14.6. The average Bonchev–Trinajstić information content (AvgIpc) is 2.71. The molecule has 1 atom stereocenters. The van der Waals surface area contributed by atoms with Gasteiger partial charge < -0.3 is 5.32 Å². The van der Waals surface area contributed by atoms with Crippen molar-refractivity contribution in [2.24, 2.45) is 13.0 Å². The number of alkyl halides is 2. The van der Waals surface area contributed by atoms with E-state index in [4.69, 9.17) is 5.26 Å². The Hall–Kier alpha value is -3.74. The summed E-state index contributed by atoms with van der Waals surface area (Å²) in [6.07, 6.45) is 0.635. The number of aryl methyl sites for hydroxylation is 1. The molecule has 164 valence electrons. The molecular weight excluding hydrogens is 423 g/mol. The van der Waals surface area contributed by atoms with Gasteiger partial charge in [0.1, 0.15) is 5.82 Å². The predicted molar refractivity (Wildman–Crippen MR) is 110 cm³/mol. The molecule has 32 heavy (non-hydrogen) atoms. The van der Waals surface area contributed by atoms with Gasteiger partial charge in [0.25, 0.3) is 12.0 Å². The molecule has 1 fully saturated rings. The fourth-order valence-electron chi connectivity index (χ4n) is 3.83. The van der Waals surface area contributed by atoms with Gasteiger partial charge in [0, 0.05) is 25.5 Å². The summed E-state index contributed by atoms with van der Waals surface area (Å²) in [6, 6.07) is 5.15. The second-order valence-corrected chi connectivity index (χ2v) is 7.80. The molecule has 2 aromatic rings. The number of nitrogens with zero attached hydrogens (tertiary/aromatic N) is 4. The lowest BCUT2D eigenvalue weighted by Crippen LogP contribution is -2.51. The van der Waals surface area contributed by atoms with Gasteiger partial charge in [-0.15, -0.1) is 4.58 Å². The summed E-state index contributed by atoms with van der Waals surface area (Å²) in [4.78, 5) is 25.1. The number of benzene rings is 1. The van der Waals surface area contributed by atoms with Gasteiger partial charge in [-0.1, -0.05) is 18.2 Å². The first-order valence-electron chi connectivity index (χ1n) is 9.92. The normalized spacial score (nSPS) is 18.3. The van der Waals surface area contributed by atoms with Crippen LogP contribution in [0.2, 0.25) is 0 Å². The number of hydrogen-bond acceptors (Lipinski definition) is 5. The Morgan fingerprint density at radius 1 is 1.25 bits per heavy atom. The van der Waals surface area contributed by atoms with Crippen LogP contribution in [0.3, 0.4) is 0 Å². The van der Waals surface area contributed by atoms with Crippen molar-refractivity contribution in [1.82, 2.24) is 9.78 Å². The van der Waals surface area contributed by atoms with Crippen LogP contribution >= 0.6 is 0 Å². The molecule has 1 aromatic heterocycles. The Labute approximate surface area is 180 Å². The number of carbonyl (C=O) groups excluding carboxylic acids is 1. The fraction of sp³-hybridized carbons (Fsp3) is 0.318. The van der Waals surface area contributed by atoms with E-state index in [1.54, 1.807) is 6.92 Å². The highest BCUT2D eigenvalue weighted by atomic mass is 19.3. The number of anilines is 1. The van der Waals surface area contributed by atoms with Crippen molar-refractivity contribution in [2.45, 2.75) is 32.2 Å². The third-order valence-corrected chi connectivity index (χ3v) is 5.68. The van der Waals surface area contributed by atoms with Crippen molar-refractivity contribution in [3.8, 4) is 6.07 Å². The Morgan fingerprint density at radius 3 is 2.59 bits per heavy atom. The molecule has 0 spiro atoms. The van der Waals surface area contributed by atoms with Crippen molar-refractivity contribution in [1.29, 1.82) is 5.26 Å². The van der Waals surface area contributed by atoms with E-state index in [1.165, 1.54) is 36.0 Å². The summed E-state index contributed by atoms with van der Waals surface area (Å²) in [5.74, 6) is -1.37. The van der Waals surface area contributed by atoms with Crippen molar-refractivity contribution < 1.29 is 22.5 Å². The van der Waals surface area contributed by atoms with Crippen molar-refractivity contribution in [2.75, 3.05) is 5.32 Å². The van der Waals surface area contributed by atoms with Crippen LogP contribution in [0.5, 0.6) is 0 Å². The van der Waals surface area contributed by atoms with Gasteiger partial charge in [0.15, 0.2) is 17.7 Å². The number of amides is 1. The lowest BCUT2D eigenvalue weighted by Gasteiger charge is -2.20. The minimum atomic E-state index is -2.95. The van der Waals surface area contributed by atoms with Gasteiger partial charge in [-0.3, -0.25) is 4.79 Å². The molecule has 1 aromatic carbocycles. The van der Waals surface area contributed by atoms with Gasteiger partial charge >= 0.3 is 5.91 Å². The Morgan fingerprint density at radius 2 is 1.94 bits per heavy atom. The van der Waals surface area contributed by atoms with Crippen LogP contribution in [0, 0.1) is 23.1 Å². The van der Waals surface area contributed by atoms with E-state index in [-0.39, 0.29) is 22.5 Å². The van der Waals surface area contributed by atoms with E-state index in [0.717, 1.165) is 16.5 Å². The predicted octanol–water partition coefficient (Wildman–Crippen LogP) is 1.48. The SMILES string of the molecule is C[C@@H](Nc1nn(C)c(=O)c2c1=C[N+](=C1CC(C#N)C1)C(=O)C=2)c1cccc(C(F)F)c1F. The molecule has 2 aliphatic rings. The van der Waals surface area contributed by atoms with Crippen LogP contribution in [0.25, 0.3) is 12.3 Å². The first-order chi connectivity index (χ1) is 15.2. The third-order valence-electron chi connectivity index (χ3n) is 5.68. The number of fused-ring (bicyclic) bond motifs is 1. The number of nitriles is 1. The smallest absolute Gasteiger partial charge is 0.361 e. The fourth-order valence-corrected chi connectivity index (χ4v) is 3.83. The Balaban J connectivity index is 1.81. The third kappa shape index (κ3) is 3.60. The van der Waals surface area contributed by atoms with E-state index in [1.807, 2.05) is 0 Å². The van der Waals surface area contributed by atoms with Crippen LogP contribution in [0.1, 0.15) is 43.4 Å². The number of carbonyl (C=O) groups is 1. The van der Waals surface area contributed by atoms with Crippen LogP contribution in [-0.2, 0) is 11.8 Å². The van der Waals surface area contributed by atoms with Gasteiger partial charge in [0.2, 0.25) is 0 Å². The van der Waals surface area contributed by atoms with Crippen molar-refractivity contribution in [3.05, 3.63) is 55.9 Å². The van der Waals surface area contributed by atoms with Crippen LogP contribution in [-0.4, -0.2) is 26.0 Å². The maximum Gasteiger partial charge on any atom is 0.418 e. The largest absolute Gasteiger partial charge is 0.418 e. The zero-order valence-corrected chi connectivity index (χ0v) is 17.3. The molecule has 0 unspecified atom stereocenters. The van der Waals surface area contributed by atoms with E-state index in [0.29, 0.717) is 18.1 Å². The van der Waals surface area contributed by atoms with E-state index >= 15 is 0 Å². The van der Waals surface area contributed by atoms with E-state index < -0.39 is 35.3 Å². The standard InChI is InChI=1S/C22H19F3N5O2/c1-11(14-4-3-5-15(19(14)23)20(24)25)27-21-17-10-30(13-6-12(7-13)9-26)18(31)8-16(17)22(32)29(2)28-21/h3-5,8,10-12,20H,6-7H2,1-2H3,(H,27,28)/q+1/t11-,12?/m1/s1. The lowest BCUT2D eigenvalue weighted by molar-refractivity contribution is -0.347. The van der Waals surface area contributed by atoms with Gasteiger partial charge in [-0.05, 0) is 6.92 Å². The molecule has 1 N–H and O–H groups in total. The topological polar surface area (TPSA) is 90.8 Å². The van der Waals surface area contributed by atoms with E-state index in [2.05, 4.69) is 16.5 Å². The first-order valence-corrected chi connectivity index (χ1v) is 9.92. The Bertz CT molecular complexity index is 1380. The first kappa shape index (κ1) is 21.5. The average molecular weight is 442 g/mol. The summed E-state index contributed by atoms with van der Waals surface area (Å²) in [5.41, 5.74) is -0.414. The summed E-state index contributed by atoms with van der Waals surface area (Å²) in [7, 11) is 1.42. The van der Waals surface area contributed by atoms with Gasteiger partial charge in [-0.2, -0.15) is 10.4 Å². The van der Waals surface area contributed by atoms with Gasteiger partial charge in [-0.25, -0.2) is 22.6 Å². The van der Waals surface area contributed by atoms with Crippen LogP contribution < -0.4 is 21.3 Å².